The molecule has 0 fully saturated rings. The summed E-state index contributed by atoms with van der Waals surface area (Å²) in [7, 11) is -4.71. The second kappa shape index (κ2) is 14.5. The summed E-state index contributed by atoms with van der Waals surface area (Å²) in [5.41, 5.74) is 5.49. The van der Waals surface area contributed by atoms with Crippen molar-refractivity contribution in [3.63, 3.8) is 0 Å². The lowest BCUT2D eigenvalue weighted by molar-refractivity contribution is 0.00630. The normalized spacial score (nSPS) is 16.3. The molecule has 0 heterocycles. The van der Waals surface area contributed by atoms with Crippen molar-refractivity contribution in [1.29, 1.82) is 0 Å². The highest BCUT2D eigenvalue weighted by molar-refractivity contribution is 7.80. The van der Waals surface area contributed by atoms with Crippen molar-refractivity contribution >= 4 is 10.4 Å². The molecule has 26 heavy (non-hydrogen) atoms. The first-order chi connectivity index (χ1) is 12.2. The predicted molar refractivity (Wildman–Crippen MR) is 103 cm³/mol. The Bertz CT molecular complexity index is 466. The number of nitrogens with two attached hydrogens (primary N) is 1. The Morgan fingerprint density at radius 1 is 1.04 bits per heavy atom. The summed E-state index contributed by atoms with van der Waals surface area (Å²) in [5.74, 6) is 0.777. The Hall–Kier alpha value is -0.510. The summed E-state index contributed by atoms with van der Waals surface area (Å²) in [5, 5.41) is 18.9. The molecule has 0 unspecified atom stereocenters. The molecule has 0 aromatic rings. The zero-order valence-electron chi connectivity index (χ0n) is 16.1. The van der Waals surface area contributed by atoms with Crippen molar-refractivity contribution in [2.45, 2.75) is 89.9 Å². The van der Waals surface area contributed by atoms with Crippen molar-refractivity contribution in [3.8, 4) is 0 Å². The number of allylic oxidation sites excluding steroid dienone is 1. The Morgan fingerprint density at radius 2 is 1.62 bits per heavy atom. The Balaban J connectivity index is 4.01. The van der Waals surface area contributed by atoms with Crippen LogP contribution in [-0.2, 0) is 14.6 Å². The predicted octanol–water partition coefficient (Wildman–Crippen LogP) is 2.58. The monoisotopic (exact) mass is 395 g/mol. The summed E-state index contributed by atoms with van der Waals surface area (Å²) < 4.78 is 35.0. The fourth-order valence-corrected chi connectivity index (χ4v) is 3.15. The van der Waals surface area contributed by atoms with Gasteiger partial charge in [-0.05, 0) is 25.2 Å². The number of unbranched alkanes of at least 4 members (excludes halogenated alkanes) is 6. The van der Waals surface area contributed by atoms with Crippen LogP contribution < -0.4 is 5.73 Å². The van der Waals surface area contributed by atoms with Gasteiger partial charge in [0.15, 0.2) is 0 Å². The molecule has 0 aromatic carbocycles. The van der Waals surface area contributed by atoms with E-state index in [4.69, 9.17) is 15.4 Å². The quantitative estimate of drug-likeness (QED) is 0.179. The smallest absolute Gasteiger partial charge is 0.395 e. The summed E-state index contributed by atoms with van der Waals surface area (Å²) >= 11 is 0. The van der Waals surface area contributed by atoms with Crippen molar-refractivity contribution in [2.24, 2.45) is 11.7 Å². The fraction of sp³-hybridized carbons (Fsp3) is 0.889. The van der Waals surface area contributed by atoms with Gasteiger partial charge >= 0.3 is 10.4 Å². The molecule has 8 heteroatoms. The summed E-state index contributed by atoms with van der Waals surface area (Å²) in [6.45, 7) is 3.97. The molecule has 0 aliphatic rings. The van der Waals surface area contributed by atoms with E-state index < -0.39 is 35.3 Å². The summed E-state index contributed by atoms with van der Waals surface area (Å²) in [6.07, 6.45) is 10.4. The van der Waals surface area contributed by atoms with Crippen LogP contribution in [0.25, 0.3) is 0 Å². The molecule has 7 nitrogen and oxygen atoms in total. The van der Waals surface area contributed by atoms with E-state index >= 15 is 0 Å². The second-order valence-electron chi connectivity index (χ2n) is 7.20. The van der Waals surface area contributed by atoms with Crippen LogP contribution in [0.4, 0.5) is 0 Å². The van der Waals surface area contributed by atoms with Crippen LogP contribution in [0, 0.1) is 5.92 Å². The van der Waals surface area contributed by atoms with E-state index in [1.165, 1.54) is 32.1 Å². The van der Waals surface area contributed by atoms with Crippen molar-refractivity contribution in [2.75, 3.05) is 6.61 Å². The van der Waals surface area contributed by atoms with Crippen LogP contribution in [-0.4, -0.2) is 48.0 Å². The number of hydrogen-bond donors (Lipinski definition) is 4. The molecule has 156 valence electrons. The first-order valence-electron chi connectivity index (χ1n) is 9.52. The van der Waals surface area contributed by atoms with Crippen LogP contribution >= 0.6 is 0 Å². The first kappa shape index (κ1) is 25.5. The van der Waals surface area contributed by atoms with E-state index in [-0.39, 0.29) is 6.42 Å². The Morgan fingerprint density at radius 3 is 2.15 bits per heavy atom. The van der Waals surface area contributed by atoms with Gasteiger partial charge in [0.25, 0.3) is 0 Å². The van der Waals surface area contributed by atoms with Gasteiger partial charge in [-0.2, -0.15) is 8.42 Å². The van der Waals surface area contributed by atoms with Crippen molar-refractivity contribution in [3.05, 3.63) is 12.2 Å². The van der Waals surface area contributed by atoms with E-state index in [1.54, 1.807) is 6.08 Å². The number of rotatable bonds is 16. The maximum atomic E-state index is 10.9. The number of aliphatic hydroxyl groups excluding tert-OH is 2. The standard InChI is InChI=1S/C18H37NO6S/c1-15(2)12-10-8-6-4-3-5-7-9-11-13-17(25-26(22,23)24)18(21)16(19)14-20/h9,11,15-18,20-21H,3-8,10,12-14,19H2,1-2H3,(H,22,23,24)/t16-,17+,18-/m1/s1. The molecular weight excluding hydrogens is 358 g/mol. The summed E-state index contributed by atoms with van der Waals surface area (Å²) in [6, 6.07) is -1.05. The minimum atomic E-state index is -4.71. The van der Waals surface area contributed by atoms with Gasteiger partial charge in [-0.1, -0.05) is 64.5 Å². The minimum Gasteiger partial charge on any atom is -0.395 e. The highest BCUT2D eigenvalue weighted by Crippen LogP contribution is 2.14. The van der Waals surface area contributed by atoms with Crippen LogP contribution in [0.1, 0.15) is 71.6 Å². The van der Waals surface area contributed by atoms with Crippen LogP contribution in [0.2, 0.25) is 0 Å². The Kier molecular flexibility index (Phi) is 14.3. The maximum Gasteiger partial charge on any atom is 0.397 e. The molecule has 3 atom stereocenters. The van der Waals surface area contributed by atoms with Gasteiger partial charge in [0.1, 0.15) is 6.10 Å². The molecule has 0 radical (unpaired) electrons. The topological polar surface area (TPSA) is 130 Å². The highest BCUT2D eigenvalue weighted by Gasteiger charge is 2.28. The number of aliphatic hydroxyl groups is 2. The van der Waals surface area contributed by atoms with Gasteiger partial charge < -0.3 is 15.9 Å². The highest BCUT2D eigenvalue weighted by atomic mass is 32.3. The molecule has 0 rings (SSSR count). The van der Waals surface area contributed by atoms with Crippen LogP contribution in [0.5, 0.6) is 0 Å². The molecular formula is C18H37NO6S. The van der Waals surface area contributed by atoms with Gasteiger partial charge in [-0.25, -0.2) is 4.18 Å². The lowest BCUT2D eigenvalue weighted by atomic mass is 10.0. The van der Waals surface area contributed by atoms with E-state index in [1.807, 2.05) is 6.08 Å². The van der Waals surface area contributed by atoms with E-state index in [9.17, 15) is 13.5 Å². The largest absolute Gasteiger partial charge is 0.397 e. The molecule has 0 amide bonds. The van der Waals surface area contributed by atoms with E-state index in [0.717, 1.165) is 25.2 Å². The zero-order chi connectivity index (χ0) is 20.0. The molecule has 0 saturated heterocycles. The minimum absolute atomic E-state index is 0.0733. The second-order valence-corrected chi connectivity index (χ2v) is 8.25. The van der Waals surface area contributed by atoms with Gasteiger partial charge in [0, 0.05) is 0 Å². The third kappa shape index (κ3) is 14.6. The molecule has 0 aromatic heterocycles. The zero-order valence-corrected chi connectivity index (χ0v) is 16.9. The van der Waals surface area contributed by atoms with Gasteiger partial charge in [0.05, 0.1) is 18.8 Å². The Labute approximate surface area is 158 Å². The van der Waals surface area contributed by atoms with Gasteiger partial charge in [-0.15, -0.1) is 0 Å². The molecule has 0 aliphatic carbocycles. The maximum absolute atomic E-state index is 10.9. The molecule has 0 aliphatic heterocycles. The third-order valence-corrected chi connectivity index (χ3v) is 4.70. The van der Waals surface area contributed by atoms with Crippen LogP contribution in [0.15, 0.2) is 12.2 Å². The number of hydrogen-bond acceptors (Lipinski definition) is 6. The SMILES string of the molecule is CC(C)CCCCCCCCC=CC[C@H](OS(=O)(=O)O)[C@H](O)[C@H](N)CO. The fourth-order valence-electron chi connectivity index (χ4n) is 2.65. The van der Waals surface area contributed by atoms with Crippen molar-refractivity contribution in [1.82, 2.24) is 0 Å². The van der Waals surface area contributed by atoms with Gasteiger partial charge in [0.2, 0.25) is 0 Å². The lowest BCUT2D eigenvalue weighted by Gasteiger charge is -2.24. The molecule has 0 saturated carbocycles. The lowest BCUT2D eigenvalue weighted by Crippen LogP contribution is -2.46. The van der Waals surface area contributed by atoms with Crippen LogP contribution in [0.3, 0.4) is 0 Å². The summed E-state index contributed by atoms with van der Waals surface area (Å²) in [4.78, 5) is 0. The molecule has 0 spiro atoms. The average Bonchev–Trinajstić information content (AvgIpc) is 2.55. The third-order valence-electron chi connectivity index (χ3n) is 4.21. The molecule has 5 N–H and O–H groups in total. The first-order valence-corrected chi connectivity index (χ1v) is 10.9. The van der Waals surface area contributed by atoms with E-state index in [2.05, 4.69) is 18.0 Å². The molecule has 0 bridgehead atoms. The van der Waals surface area contributed by atoms with Gasteiger partial charge in [-0.3, -0.25) is 4.55 Å². The van der Waals surface area contributed by atoms with Crippen molar-refractivity contribution < 1.29 is 27.4 Å². The average molecular weight is 396 g/mol. The van der Waals surface area contributed by atoms with E-state index in [0.29, 0.717) is 0 Å².